The fourth-order valence-corrected chi connectivity index (χ4v) is 1.27. The van der Waals surface area contributed by atoms with Crippen LogP contribution in [0.5, 0.6) is 0 Å². The quantitative estimate of drug-likeness (QED) is 0.779. The number of anilines is 1. The van der Waals surface area contributed by atoms with Gasteiger partial charge < -0.3 is 15.4 Å². The lowest BCUT2D eigenvalue weighted by molar-refractivity contribution is -0.139. The van der Waals surface area contributed by atoms with Crippen molar-refractivity contribution in [2.75, 3.05) is 19.0 Å². The smallest absolute Gasteiger partial charge is 0.325 e. The minimum Gasteiger partial charge on any atom is -0.468 e. The van der Waals surface area contributed by atoms with E-state index in [0.29, 0.717) is 5.69 Å². The lowest BCUT2D eigenvalue weighted by atomic mass is 10.1. The first kappa shape index (κ1) is 13.0. The van der Waals surface area contributed by atoms with Crippen LogP contribution in [-0.2, 0) is 16.0 Å². The number of nitrogens with one attached hydrogen (secondary N) is 2. The molecular formula is C12H16N2O3. The van der Waals surface area contributed by atoms with Gasteiger partial charge in [0.05, 0.1) is 7.11 Å². The Morgan fingerprint density at radius 1 is 1.35 bits per heavy atom. The van der Waals surface area contributed by atoms with Crippen molar-refractivity contribution in [3.63, 3.8) is 0 Å². The molecule has 2 N–H and O–H groups in total. The van der Waals surface area contributed by atoms with Crippen molar-refractivity contribution in [2.24, 2.45) is 0 Å². The highest BCUT2D eigenvalue weighted by atomic mass is 16.5. The average Bonchev–Trinajstić information content (AvgIpc) is 2.36. The van der Waals surface area contributed by atoms with Crippen LogP contribution in [0.15, 0.2) is 24.3 Å². The van der Waals surface area contributed by atoms with Crippen LogP contribution >= 0.6 is 0 Å². The summed E-state index contributed by atoms with van der Waals surface area (Å²) in [5, 5.41) is 5.03. The molecule has 0 spiro atoms. The van der Waals surface area contributed by atoms with E-state index in [4.69, 9.17) is 0 Å². The summed E-state index contributed by atoms with van der Waals surface area (Å²) in [4.78, 5) is 22.2. The fourth-order valence-electron chi connectivity index (χ4n) is 1.27. The van der Waals surface area contributed by atoms with Gasteiger partial charge in [-0.3, -0.25) is 4.79 Å². The number of carbonyl (C=O) groups is 2. The van der Waals surface area contributed by atoms with E-state index in [1.54, 1.807) is 6.07 Å². The standard InChI is InChI=1S/C12H16N2O3/c1-3-9-5-4-6-10(7-9)14-12(16)13-8-11(15)17-2/h4-7H,3,8H2,1-2H3,(H2,13,14,16). The van der Waals surface area contributed by atoms with Crippen LogP contribution in [0, 0.1) is 0 Å². The van der Waals surface area contributed by atoms with E-state index in [9.17, 15) is 9.59 Å². The molecule has 5 heteroatoms. The van der Waals surface area contributed by atoms with Gasteiger partial charge in [-0.1, -0.05) is 19.1 Å². The number of hydrogen-bond donors (Lipinski definition) is 2. The van der Waals surface area contributed by atoms with Crippen LogP contribution in [0.2, 0.25) is 0 Å². The molecule has 92 valence electrons. The Bertz CT molecular complexity index is 404. The predicted molar refractivity (Wildman–Crippen MR) is 64.9 cm³/mol. The van der Waals surface area contributed by atoms with Gasteiger partial charge in [-0.2, -0.15) is 0 Å². The summed E-state index contributed by atoms with van der Waals surface area (Å²) in [5.41, 5.74) is 1.84. The zero-order valence-electron chi connectivity index (χ0n) is 9.95. The summed E-state index contributed by atoms with van der Waals surface area (Å²) in [6.07, 6.45) is 0.902. The van der Waals surface area contributed by atoms with Gasteiger partial charge in [-0.25, -0.2) is 4.79 Å². The highest BCUT2D eigenvalue weighted by Gasteiger charge is 2.05. The van der Waals surface area contributed by atoms with E-state index >= 15 is 0 Å². The van der Waals surface area contributed by atoms with Gasteiger partial charge in [0.15, 0.2) is 0 Å². The molecule has 0 saturated heterocycles. The Hall–Kier alpha value is -2.04. The number of esters is 1. The number of hydrogen-bond acceptors (Lipinski definition) is 3. The molecule has 1 rings (SSSR count). The first-order chi connectivity index (χ1) is 8.15. The molecule has 0 aliphatic heterocycles. The van der Waals surface area contributed by atoms with E-state index in [2.05, 4.69) is 15.4 Å². The topological polar surface area (TPSA) is 67.4 Å². The summed E-state index contributed by atoms with van der Waals surface area (Å²) in [7, 11) is 1.27. The summed E-state index contributed by atoms with van der Waals surface area (Å²) < 4.78 is 4.41. The van der Waals surface area contributed by atoms with Crippen molar-refractivity contribution in [3.05, 3.63) is 29.8 Å². The molecule has 0 aromatic heterocycles. The molecule has 0 aliphatic carbocycles. The van der Waals surface area contributed by atoms with Gasteiger partial charge in [0.1, 0.15) is 6.54 Å². The summed E-state index contributed by atoms with van der Waals surface area (Å²) in [5.74, 6) is -0.484. The monoisotopic (exact) mass is 236 g/mol. The number of aryl methyl sites for hydroxylation is 1. The maximum Gasteiger partial charge on any atom is 0.325 e. The van der Waals surface area contributed by atoms with Crippen molar-refractivity contribution >= 4 is 17.7 Å². The van der Waals surface area contributed by atoms with Crippen LogP contribution in [0.3, 0.4) is 0 Å². The molecule has 1 aromatic carbocycles. The Labute approximate surface area is 100 Å². The molecule has 0 aliphatic rings. The van der Waals surface area contributed by atoms with Crippen LogP contribution in [-0.4, -0.2) is 25.7 Å². The SMILES string of the molecule is CCc1cccc(NC(=O)NCC(=O)OC)c1. The molecule has 0 fully saturated rings. The summed E-state index contributed by atoms with van der Waals surface area (Å²) in [6, 6.07) is 7.10. The van der Waals surface area contributed by atoms with Gasteiger partial charge in [-0.15, -0.1) is 0 Å². The van der Waals surface area contributed by atoms with Gasteiger partial charge in [-0.05, 0) is 24.1 Å². The molecular weight excluding hydrogens is 220 g/mol. The van der Waals surface area contributed by atoms with Crippen LogP contribution in [0.1, 0.15) is 12.5 Å². The molecule has 2 amide bonds. The van der Waals surface area contributed by atoms with Gasteiger partial charge >= 0.3 is 12.0 Å². The maximum atomic E-state index is 11.4. The maximum absolute atomic E-state index is 11.4. The number of urea groups is 1. The van der Waals surface area contributed by atoms with E-state index in [-0.39, 0.29) is 6.54 Å². The minimum atomic E-state index is -0.484. The highest BCUT2D eigenvalue weighted by molar-refractivity contribution is 5.91. The minimum absolute atomic E-state index is 0.143. The largest absolute Gasteiger partial charge is 0.468 e. The van der Waals surface area contributed by atoms with Crippen molar-refractivity contribution in [1.82, 2.24) is 5.32 Å². The van der Waals surface area contributed by atoms with Crippen molar-refractivity contribution in [2.45, 2.75) is 13.3 Å². The van der Waals surface area contributed by atoms with Gasteiger partial charge in [0.2, 0.25) is 0 Å². The molecule has 5 nitrogen and oxygen atoms in total. The average molecular weight is 236 g/mol. The number of rotatable bonds is 4. The fraction of sp³-hybridized carbons (Fsp3) is 0.333. The number of methoxy groups -OCH3 is 1. The van der Waals surface area contributed by atoms with Gasteiger partial charge in [0, 0.05) is 5.69 Å². The predicted octanol–water partition coefficient (Wildman–Crippen LogP) is 1.54. The second-order valence-electron chi connectivity index (χ2n) is 3.44. The first-order valence-corrected chi connectivity index (χ1v) is 5.36. The Morgan fingerprint density at radius 2 is 2.12 bits per heavy atom. The van der Waals surface area contributed by atoms with E-state index in [1.165, 1.54) is 7.11 Å². The van der Waals surface area contributed by atoms with Crippen LogP contribution in [0.25, 0.3) is 0 Å². The van der Waals surface area contributed by atoms with Crippen LogP contribution in [0.4, 0.5) is 10.5 Å². The molecule has 0 heterocycles. The number of ether oxygens (including phenoxy) is 1. The van der Waals surface area contributed by atoms with Crippen molar-refractivity contribution in [1.29, 1.82) is 0 Å². The molecule has 1 aromatic rings. The second-order valence-corrected chi connectivity index (χ2v) is 3.44. The van der Waals surface area contributed by atoms with E-state index < -0.39 is 12.0 Å². The number of carbonyl (C=O) groups excluding carboxylic acids is 2. The first-order valence-electron chi connectivity index (χ1n) is 5.36. The lowest BCUT2D eigenvalue weighted by Crippen LogP contribution is -2.33. The highest BCUT2D eigenvalue weighted by Crippen LogP contribution is 2.10. The molecule has 0 saturated carbocycles. The second kappa shape index (κ2) is 6.52. The zero-order chi connectivity index (χ0) is 12.7. The van der Waals surface area contributed by atoms with Gasteiger partial charge in [0.25, 0.3) is 0 Å². The Balaban J connectivity index is 2.47. The lowest BCUT2D eigenvalue weighted by Gasteiger charge is -2.07. The normalized spacial score (nSPS) is 9.53. The molecule has 0 unspecified atom stereocenters. The van der Waals surface area contributed by atoms with Crippen molar-refractivity contribution in [3.8, 4) is 0 Å². The Morgan fingerprint density at radius 3 is 2.76 bits per heavy atom. The number of benzene rings is 1. The Kier molecular flexibility index (Phi) is 5.00. The summed E-state index contributed by atoms with van der Waals surface area (Å²) in [6.45, 7) is 1.90. The van der Waals surface area contributed by atoms with E-state index in [0.717, 1.165) is 12.0 Å². The third kappa shape index (κ3) is 4.55. The zero-order valence-corrected chi connectivity index (χ0v) is 9.95. The number of amides is 2. The molecule has 0 bridgehead atoms. The van der Waals surface area contributed by atoms with Crippen LogP contribution < -0.4 is 10.6 Å². The third-order valence-electron chi connectivity index (χ3n) is 2.21. The van der Waals surface area contributed by atoms with E-state index in [1.807, 2.05) is 25.1 Å². The third-order valence-corrected chi connectivity index (χ3v) is 2.21. The molecule has 0 atom stereocenters. The molecule has 17 heavy (non-hydrogen) atoms. The van der Waals surface area contributed by atoms with Crippen molar-refractivity contribution < 1.29 is 14.3 Å². The summed E-state index contributed by atoms with van der Waals surface area (Å²) >= 11 is 0. The molecule has 0 radical (unpaired) electrons.